The van der Waals surface area contributed by atoms with Crippen LogP contribution in [0.3, 0.4) is 0 Å². The Labute approximate surface area is 243 Å². The van der Waals surface area contributed by atoms with Gasteiger partial charge in [0.1, 0.15) is 17.9 Å². The molecule has 4 N–H and O–H groups in total. The number of fused-ring (bicyclic) bond motifs is 2. The molecule has 2 aliphatic rings. The van der Waals surface area contributed by atoms with Crippen LogP contribution in [0.2, 0.25) is 0 Å². The lowest BCUT2D eigenvalue weighted by Crippen LogP contribution is -2.60. The zero-order valence-corrected chi connectivity index (χ0v) is 24.8. The van der Waals surface area contributed by atoms with Crippen LogP contribution in [0.1, 0.15) is 84.1 Å². The summed E-state index contributed by atoms with van der Waals surface area (Å²) in [5, 5.41) is 10.8. The van der Waals surface area contributed by atoms with Gasteiger partial charge in [-0.1, -0.05) is 58.2 Å². The molecule has 0 spiro atoms. The van der Waals surface area contributed by atoms with Crippen molar-refractivity contribution in [1.29, 1.82) is 0 Å². The molecule has 1 unspecified atom stereocenters. The number of para-hydroxylation sites is 1. The SMILES string of the molecule is CCC(=O)CCCCC[C@@H]1NC(=O)[C@H]2CCCN2C(=O)[C@H]([C@@H](C)CC)NCC(Cc2c[nH]c3ccccc23)NC1=O. The van der Waals surface area contributed by atoms with Gasteiger partial charge in [-0.25, -0.2) is 0 Å². The first kappa shape index (κ1) is 30.8. The maximum Gasteiger partial charge on any atom is 0.243 e. The van der Waals surface area contributed by atoms with Gasteiger partial charge in [0.25, 0.3) is 0 Å². The topological polar surface area (TPSA) is 123 Å². The molecule has 1 aromatic carbocycles. The summed E-state index contributed by atoms with van der Waals surface area (Å²) in [4.78, 5) is 57.8. The van der Waals surface area contributed by atoms with Crippen molar-refractivity contribution in [1.82, 2.24) is 25.8 Å². The molecule has 0 saturated carbocycles. The summed E-state index contributed by atoms with van der Waals surface area (Å²) in [7, 11) is 0. The molecule has 2 aromatic rings. The van der Waals surface area contributed by atoms with Crippen molar-refractivity contribution in [3.05, 3.63) is 36.0 Å². The van der Waals surface area contributed by atoms with E-state index in [1.165, 1.54) is 0 Å². The lowest BCUT2D eigenvalue weighted by molar-refractivity contribution is -0.142. The molecule has 0 radical (unpaired) electrons. The van der Waals surface area contributed by atoms with E-state index in [4.69, 9.17) is 0 Å². The van der Waals surface area contributed by atoms with Gasteiger partial charge in [0.2, 0.25) is 17.7 Å². The van der Waals surface area contributed by atoms with Gasteiger partial charge in [-0.15, -0.1) is 0 Å². The lowest BCUT2D eigenvalue weighted by Gasteiger charge is -2.34. The quantitative estimate of drug-likeness (QED) is 0.310. The van der Waals surface area contributed by atoms with Crippen molar-refractivity contribution in [3.8, 4) is 0 Å². The number of hydrogen-bond donors (Lipinski definition) is 4. The Bertz CT molecular complexity index is 1210. The number of hydrogen-bond acceptors (Lipinski definition) is 5. The molecule has 0 bridgehead atoms. The molecule has 3 heterocycles. The number of Topliss-reactive ketones (excluding diaryl/α,β-unsaturated/α-hetero) is 1. The number of nitrogens with one attached hydrogen (secondary N) is 4. The molecule has 2 fully saturated rings. The second kappa shape index (κ2) is 14.6. The van der Waals surface area contributed by atoms with Crippen molar-refractivity contribution >= 4 is 34.4 Å². The van der Waals surface area contributed by atoms with Crippen molar-refractivity contribution < 1.29 is 19.2 Å². The average molecular weight is 566 g/mol. The number of carbonyl (C=O) groups is 4. The van der Waals surface area contributed by atoms with Gasteiger partial charge in [-0.05, 0) is 49.7 Å². The predicted octanol–water partition coefficient (Wildman–Crippen LogP) is 3.62. The number of nitrogens with zero attached hydrogens (tertiary/aromatic N) is 1. The van der Waals surface area contributed by atoms with Crippen LogP contribution in [0.15, 0.2) is 30.5 Å². The zero-order chi connectivity index (χ0) is 29.4. The first-order valence-corrected chi connectivity index (χ1v) is 15.5. The summed E-state index contributed by atoms with van der Waals surface area (Å²) in [5.41, 5.74) is 2.13. The number of ketones is 1. The number of rotatable bonds is 11. The maximum absolute atomic E-state index is 13.8. The summed E-state index contributed by atoms with van der Waals surface area (Å²) in [6.45, 7) is 6.98. The number of aromatic nitrogens is 1. The van der Waals surface area contributed by atoms with Crippen molar-refractivity contribution in [2.24, 2.45) is 5.92 Å². The fourth-order valence-electron chi connectivity index (χ4n) is 6.12. The second-order valence-corrected chi connectivity index (χ2v) is 11.8. The fourth-order valence-corrected chi connectivity index (χ4v) is 6.12. The van der Waals surface area contributed by atoms with Crippen LogP contribution in [0, 0.1) is 5.92 Å². The van der Waals surface area contributed by atoms with Gasteiger partial charge in [-0.3, -0.25) is 19.2 Å². The highest BCUT2D eigenvalue weighted by atomic mass is 16.2. The molecule has 0 aliphatic carbocycles. The smallest absolute Gasteiger partial charge is 0.243 e. The standard InChI is InChI=1S/C32H47N5O4/c1-4-21(3)29-32(41)37-17-11-16-28(37)31(40)36-27(15-8-6-7-12-24(38)5-2)30(39)35-23(20-34-29)18-22-19-33-26-14-10-9-13-25(22)26/h9-10,13-14,19,21,23,27-29,33-34H,4-8,11-12,15-18,20H2,1-3H3,(H,35,39)(H,36,40)/t21-,23?,27-,28+,29-/m0/s1. The Kier molecular flexibility index (Phi) is 11.0. The molecule has 2 aliphatic heterocycles. The van der Waals surface area contributed by atoms with E-state index >= 15 is 0 Å². The molecule has 9 nitrogen and oxygen atoms in total. The summed E-state index contributed by atoms with van der Waals surface area (Å²) in [6.07, 6.45) is 8.65. The zero-order valence-electron chi connectivity index (χ0n) is 24.8. The Hall–Kier alpha value is -3.20. The Morgan fingerprint density at radius 1 is 1.05 bits per heavy atom. The molecule has 9 heteroatoms. The second-order valence-electron chi connectivity index (χ2n) is 11.8. The van der Waals surface area contributed by atoms with Crippen LogP contribution in [-0.2, 0) is 25.6 Å². The van der Waals surface area contributed by atoms with E-state index in [0.717, 1.165) is 48.6 Å². The van der Waals surface area contributed by atoms with Gasteiger partial charge in [0.15, 0.2) is 0 Å². The van der Waals surface area contributed by atoms with E-state index in [1.54, 1.807) is 4.90 Å². The molecule has 4 rings (SSSR count). The molecule has 2 saturated heterocycles. The van der Waals surface area contributed by atoms with Crippen LogP contribution < -0.4 is 16.0 Å². The third kappa shape index (κ3) is 7.76. The minimum Gasteiger partial charge on any atom is -0.361 e. The molecular formula is C32H47N5O4. The largest absolute Gasteiger partial charge is 0.361 e. The summed E-state index contributed by atoms with van der Waals surface area (Å²) in [6, 6.07) is 6.11. The van der Waals surface area contributed by atoms with E-state index in [2.05, 4.69) is 40.8 Å². The van der Waals surface area contributed by atoms with Crippen LogP contribution in [-0.4, -0.2) is 70.6 Å². The minimum atomic E-state index is -0.697. The highest BCUT2D eigenvalue weighted by molar-refractivity contribution is 5.94. The third-order valence-electron chi connectivity index (χ3n) is 8.87. The van der Waals surface area contributed by atoms with Gasteiger partial charge < -0.3 is 25.8 Å². The van der Waals surface area contributed by atoms with Gasteiger partial charge in [-0.2, -0.15) is 0 Å². The predicted molar refractivity (Wildman–Crippen MR) is 160 cm³/mol. The van der Waals surface area contributed by atoms with Crippen LogP contribution in [0.25, 0.3) is 10.9 Å². The number of unbranched alkanes of at least 4 members (excludes halogenated alkanes) is 2. The van der Waals surface area contributed by atoms with Gasteiger partial charge in [0.05, 0.1) is 6.04 Å². The van der Waals surface area contributed by atoms with E-state index in [0.29, 0.717) is 45.2 Å². The summed E-state index contributed by atoms with van der Waals surface area (Å²) < 4.78 is 0. The third-order valence-corrected chi connectivity index (χ3v) is 8.87. The van der Waals surface area contributed by atoms with E-state index < -0.39 is 18.1 Å². The van der Waals surface area contributed by atoms with E-state index in [9.17, 15) is 19.2 Å². The highest BCUT2D eigenvalue weighted by Gasteiger charge is 2.40. The Morgan fingerprint density at radius 3 is 2.63 bits per heavy atom. The molecule has 5 atom stereocenters. The molecule has 1 aromatic heterocycles. The van der Waals surface area contributed by atoms with E-state index in [-0.39, 0.29) is 35.5 Å². The Balaban J connectivity index is 1.57. The molecule has 224 valence electrons. The van der Waals surface area contributed by atoms with Crippen LogP contribution >= 0.6 is 0 Å². The molecular weight excluding hydrogens is 518 g/mol. The van der Waals surface area contributed by atoms with Gasteiger partial charge >= 0.3 is 0 Å². The number of aromatic amines is 1. The van der Waals surface area contributed by atoms with Gasteiger partial charge in [0, 0.05) is 49.1 Å². The van der Waals surface area contributed by atoms with Crippen molar-refractivity contribution in [2.75, 3.05) is 13.1 Å². The van der Waals surface area contributed by atoms with Crippen molar-refractivity contribution in [2.45, 2.75) is 109 Å². The normalized spacial score (nSPS) is 24.8. The Morgan fingerprint density at radius 2 is 1.85 bits per heavy atom. The first-order valence-electron chi connectivity index (χ1n) is 15.5. The molecule has 41 heavy (non-hydrogen) atoms. The summed E-state index contributed by atoms with van der Waals surface area (Å²) in [5.74, 6) is -0.172. The van der Waals surface area contributed by atoms with E-state index in [1.807, 2.05) is 31.3 Å². The van der Waals surface area contributed by atoms with Crippen molar-refractivity contribution in [3.63, 3.8) is 0 Å². The number of amides is 3. The average Bonchev–Trinajstić information content (AvgIpc) is 3.63. The number of carbonyl (C=O) groups excluding carboxylic acids is 4. The lowest BCUT2D eigenvalue weighted by atomic mass is 9.96. The maximum atomic E-state index is 13.8. The van der Waals surface area contributed by atoms with Crippen LogP contribution in [0.5, 0.6) is 0 Å². The van der Waals surface area contributed by atoms with Crippen LogP contribution in [0.4, 0.5) is 0 Å². The summed E-state index contributed by atoms with van der Waals surface area (Å²) >= 11 is 0. The minimum absolute atomic E-state index is 0.0353. The molecule has 3 amide bonds. The first-order chi connectivity index (χ1) is 19.8. The number of benzene rings is 1. The monoisotopic (exact) mass is 565 g/mol. The fraction of sp³-hybridized carbons (Fsp3) is 0.625. The highest BCUT2D eigenvalue weighted by Crippen LogP contribution is 2.23. The number of H-pyrrole nitrogens is 1.